The molecular weight excluding hydrogens is 232 g/mol. The lowest BCUT2D eigenvalue weighted by Gasteiger charge is -2.17. The van der Waals surface area contributed by atoms with Crippen LogP contribution in [0.3, 0.4) is 0 Å². The Morgan fingerprint density at radius 1 is 1.41 bits per heavy atom. The molecule has 1 aliphatic rings. The molecule has 0 aromatic heterocycles. The molecule has 4 heteroatoms. The fourth-order valence-corrected chi connectivity index (χ4v) is 2.57. The first kappa shape index (κ1) is 12.2. The molecule has 0 unspecified atom stereocenters. The van der Waals surface area contributed by atoms with Crippen LogP contribution in [0.1, 0.15) is 12.5 Å². The van der Waals surface area contributed by atoms with Gasteiger partial charge in [0.25, 0.3) is 0 Å². The zero-order chi connectivity index (χ0) is 12.1. The van der Waals surface area contributed by atoms with Gasteiger partial charge in [-0.15, -0.1) is 0 Å². The molecule has 17 heavy (non-hydrogen) atoms. The van der Waals surface area contributed by atoms with Gasteiger partial charge >= 0.3 is 0 Å². The minimum absolute atomic E-state index is 0.147. The molecule has 1 heterocycles. The van der Waals surface area contributed by atoms with E-state index in [9.17, 15) is 4.79 Å². The van der Waals surface area contributed by atoms with Crippen LogP contribution in [-0.4, -0.2) is 34.8 Å². The second-order valence-corrected chi connectivity index (χ2v) is 5.04. The van der Waals surface area contributed by atoms with Crippen molar-refractivity contribution in [3.05, 3.63) is 35.9 Å². The number of amidine groups is 1. The first-order chi connectivity index (χ1) is 8.31. The average molecular weight is 248 g/mol. The van der Waals surface area contributed by atoms with E-state index < -0.39 is 0 Å². The van der Waals surface area contributed by atoms with Crippen molar-refractivity contribution in [3.8, 4) is 0 Å². The number of carbonyl (C=O) groups is 1. The molecule has 1 aliphatic heterocycles. The maximum absolute atomic E-state index is 12.1. The van der Waals surface area contributed by atoms with Crippen LogP contribution in [0.25, 0.3) is 0 Å². The molecule has 1 amide bonds. The minimum atomic E-state index is 0.147. The predicted molar refractivity (Wildman–Crippen MR) is 72.3 cm³/mol. The van der Waals surface area contributed by atoms with Gasteiger partial charge in [0.1, 0.15) is 0 Å². The number of amides is 1. The Labute approximate surface area is 106 Å². The van der Waals surface area contributed by atoms with Gasteiger partial charge < -0.3 is 0 Å². The Balaban J connectivity index is 1.99. The Bertz CT molecular complexity index is 417. The molecule has 1 aromatic rings. The zero-order valence-corrected chi connectivity index (χ0v) is 10.7. The van der Waals surface area contributed by atoms with Crippen molar-refractivity contribution in [2.45, 2.75) is 13.3 Å². The summed E-state index contributed by atoms with van der Waals surface area (Å²) in [5.74, 6) is 1.10. The van der Waals surface area contributed by atoms with E-state index >= 15 is 0 Å². The molecule has 90 valence electrons. The summed E-state index contributed by atoms with van der Waals surface area (Å²) < 4.78 is 0. The number of hydrogen-bond donors (Lipinski definition) is 0. The van der Waals surface area contributed by atoms with Gasteiger partial charge in [0, 0.05) is 6.54 Å². The van der Waals surface area contributed by atoms with Crippen LogP contribution in [-0.2, 0) is 11.2 Å². The molecule has 0 aliphatic carbocycles. The van der Waals surface area contributed by atoms with Crippen LogP contribution in [0.2, 0.25) is 0 Å². The van der Waals surface area contributed by atoms with E-state index in [1.54, 1.807) is 16.7 Å². The zero-order valence-electron chi connectivity index (χ0n) is 9.93. The van der Waals surface area contributed by atoms with Crippen molar-refractivity contribution in [1.82, 2.24) is 4.90 Å². The lowest BCUT2D eigenvalue weighted by Crippen LogP contribution is -2.34. The molecule has 0 spiro atoms. The molecule has 0 saturated heterocycles. The number of carbonyl (C=O) groups excluding carboxylic acids is 1. The van der Waals surface area contributed by atoms with Gasteiger partial charge in [-0.25, -0.2) is 0 Å². The highest BCUT2D eigenvalue weighted by molar-refractivity contribution is 8.13. The Kier molecular flexibility index (Phi) is 4.20. The maximum atomic E-state index is 12.1. The second kappa shape index (κ2) is 5.87. The van der Waals surface area contributed by atoms with Crippen molar-refractivity contribution >= 4 is 22.8 Å². The van der Waals surface area contributed by atoms with E-state index in [2.05, 4.69) is 11.9 Å². The Morgan fingerprint density at radius 3 is 2.88 bits per heavy atom. The smallest absolute Gasteiger partial charge is 0.233 e. The van der Waals surface area contributed by atoms with E-state index in [-0.39, 0.29) is 5.91 Å². The van der Waals surface area contributed by atoms with Gasteiger partial charge in [-0.05, 0) is 11.3 Å². The quantitative estimate of drug-likeness (QED) is 0.821. The van der Waals surface area contributed by atoms with E-state index in [1.165, 1.54) is 0 Å². The summed E-state index contributed by atoms with van der Waals surface area (Å²) in [5.41, 5.74) is 1.06. The van der Waals surface area contributed by atoms with Gasteiger partial charge in [-0.3, -0.25) is 14.7 Å². The highest BCUT2D eigenvalue weighted by Gasteiger charge is 2.23. The van der Waals surface area contributed by atoms with Crippen LogP contribution in [0.5, 0.6) is 0 Å². The summed E-state index contributed by atoms with van der Waals surface area (Å²) >= 11 is 1.64. The van der Waals surface area contributed by atoms with Crippen molar-refractivity contribution in [2.24, 2.45) is 4.99 Å². The van der Waals surface area contributed by atoms with Crippen molar-refractivity contribution < 1.29 is 4.79 Å². The van der Waals surface area contributed by atoms with Gasteiger partial charge in [0.2, 0.25) is 5.91 Å². The van der Waals surface area contributed by atoms with Crippen LogP contribution < -0.4 is 0 Å². The number of benzene rings is 1. The van der Waals surface area contributed by atoms with E-state index in [0.717, 1.165) is 29.6 Å². The molecular formula is C13H16N2OS. The predicted octanol–water partition coefficient (Wildman–Crippen LogP) is 2.18. The molecule has 0 saturated carbocycles. The Hall–Kier alpha value is -1.29. The van der Waals surface area contributed by atoms with Crippen LogP contribution in [0, 0.1) is 0 Å². The van der Waals surface area contributed by atoms with Crippen LogP contribution >= 0.6 is 11.8 Å². The summed E-state index contributed by atoms with van der Waals surface area (Å²) in [4.78, 5) is 18.3. The van der Waals surface area contributed by atoms with Crippen molar-refractivity contribution in [3.63, 3.8) is 0 Å². The molecule has 1 aromatic carbocycles. The van der Waals surface area contributed by atoms with Gasteiger partial charge in [-0.2, -0.15) is 0 Å². The number of nitrogens with zero attached hydrogens (tertiary/aromatic N) is 2. The average Bonchev–Trinajstić information content (AvgIpc) is 2.79. The van der Waals surface area contributed by atoms with Gasteiger partial charge in [-0.1, -0.05) is 49.0 Å². The molecule has 3 nitrogen and oxygen atoms in total. The SMILES string of the molecule is CCSC1=NCCN1C(=O)Cc1ccccc1. The lowest BCUT2D eigenvalue weighted by atomic mass is 10.1. The van der Waals surface area contributed by atoms with Crippen LogP contribution in [0.15, 0.2) is 35.3 Å². The highest BCUT2D eigenvalue weighted by atomic mass is 32.2. The van der Waals surface area contributed by atoms with E-state index in [0.29, 0.717) is 6.42 Å². The third kappa shape index (κ3) is 3.09. The second-order valence-electron chi connectivity index (χ2n) is 3.81. The molecule has 2 rings (SSSR count). The molecule has 0 atom stereocenters. The fraction of sp³-hybridized carbons (Fsp3) is 0.385. The van der Waals surface area contributed by atoms with Crippen molar-refractivity contribution in [1.29, 1.82) is 0 Å². The third-order valence-corrected chi connectivity index (χ3v) is 3.47. The lowest BCUT2D eigenvalue weighted by molar-refractivity contribution is -0.126. The number of hydrogen-bond acceptors (Lipinski definition) is 3. The maximum Gasteiger partial charge on any atom is 0.233 e. The van der Waals surface area contributed by atoms with Crippen LogP contribution in [0.4, 0.5) is 0 Å². The summed E-state index contributed by atoms with van der Waals surface area (Å²) in [6, 6.07) is 9.85. The summed E-state index contributed by atoms with van der Waals surface area (Å²) in [6.45, 7) is 3.54. The third-order valence-electron chi connectivity index (χ3n) is 2.57. The van der Waals surface area contributed by atoms with E-state index in [4.69, 9.17) is 0 Å². The monoisotopic (exact) mass is 248 g/mol. The summed E-state index contributed by atoms with van der Waals surface area (Å²) in [6.07, 6.45) is 0.462. The normalized spacial score (nSPS) is 14.9. The number of aliphatic imine (C=N–C) groups is 1. The number of rotatable bonds is 3. The van der Waals surface area contributed by atoms with Gasteiger partial charge in [0.05, 0.1) is 13.0 Å². The largest absolute Gasteiger partial charge is 0.289 e. The van der Waals surface area contributed by atoms with Gasteiger partial charge in [0.15, 0.2) is 5.17 Å². The molecule has 0 fully saturated rings. The van der Waals surface area contributed by atoms with Crippen molar-refractivity contribution in [2.75, 3.05) is 18.8 Å². The molecule has 0 N–H and O–H groups in total. The van der Waals surface area contributed by atoms with E-state index in [1.807, 2.05) is 30.3 Å². The number of thioether (sulfide) groups is 1. The summed E-state index contributed by atoms with van der Waals surface area (Å²) in [5, 5.41) is 0.883. The molecule has 0 radical (unpaired) electrons. The highest BCUT2D eigenvalue weighted by Crippen LogP contribution is 2.15. The minimum Gasteiger partial charge on any atom is -0.289 e. The first-order valence-electron chi connectivity index (χ1n) is 5.83. The molecule has 0 bridgehead atoms. The Morgan fingerprint density at radius 2 is 2.18 bits per heavy atom. The summed E-state index contributed by atoms with van der Waals surface area (Å²) in [7, 11) is 0. The topological polar surface area (TPSA) is 32.7 Å². The fourth-order valence-electron chi connectivity index (χ4n) is 1.78. The standard InChI is InChI=1S/C13H16N2OS/c1-2-17-13-14-8-9-15(13)12(16)10-11-6-4-3-5-7-11/h3-7H,2,8-10H2,1H3. The first-order valence-corrected chi connectivity index (χ1v) is 6.81.